The van der Waals surface area contributed by atoms with Crippen LogP contribution in [0, 0.1) is 22.7 Å². The summed E-state index contributed by atoms with van der Waals surface area (Å²) in [5.41, 5.74) is 1.53. The number of allylic oxidation sites excluding steroid dienone is 1. The Balaban J connectivity index is 1.95. The number of halogens is 1. The lowest BCUT2D eigenvalue weighted by Gasteiger charge is -2.17. The Kier molecular flexibility index (Phi) is 5.56. The smallest absolute Gasteiger partial charge is 0.231 e. The van der Waals surface area contributed by atoms with Gasteiger partial charge in [-0.3, -0.25) is 9.69 Å². The third kappa shape index (κ3) is 4.01. The molecule has 1 aliphatic rings. The van der Waals surface area contributed by atoms with Crippen molar-refractivity contribution in [2.75, 3.05) is 13.1 Å². The van der Waals surface area contributed by atoms with Gasteiger partial charge in [-0.15, -0.1) is 0 Å². The fourth-order valence-corrected chi connectivity index (χ4v) is 3.02. The van der Waals surface area contributed by atoms with Gasteiger partial charge in [-0.2, -0.15) is 10.5 Å². The predicted octanol–water partition coefficient (Wildman–Crippen LogP) is 3.62. The predicted molar refractivity (Wildman–Crippen MR) is 102 cm³/mol. The summed E-state index contributed by atoms with van der Waals surface area (Å²) >= 11 is 3.36. The van der Waals surface area contributed by atoms with Crippen molar-refractivity contribution < 1.29 is 14.6 Å². The highest BCUT2D eigenvalue weighted by Gasteiger charge is 2.31. The normalized spacial score (nSPS) is 13.9. The first-order valence-electron chi connectivity index (χ1n) is 8.04. The summed E-state index contributed by atoms with van der Waals surface area (Å²) in [4.78, 5) is 14.2. The number of benzene rings is 2. The van der Waals surface area contributed by atoms with Crippen molar-refractivity contribution in [2.24, 2.45) is 0 Å². The van der Waals surface area contributed by atoms with Crippen LogP contribution in [0.15, 0.2) is 46.6 Å². The topological polar surface area (TPSA) is 97.3 Å². The van der Waals surface area contributed by atoms with Crippen LogP contribution in [0.5, 0.6) is 11.5 Å². The van der Waals surface area contributed by atoms with E-state index in [9.17, 15) is 9.90 Å². The van der Waals surface area contributed by atoms with Gasteiger partial charge in [-0.1, -0.05) is 28.1 Å². The maximum Gasteiger partial charge on any atom is 0.231 e. The summed E-state index contributed by atoms with van der Waals surface area (Å²) in [6.07, 6.45) is 1.64. The van der Waals surface area contributed by atoms with Gasteiger partial charge in [-0.05, 0) is 35.9 Å². The van der Waals surface area contributed by atoms with Gasteiger partial charge < -0.3 is 9.84 Å². The van der Waals surface area contributed by atoms with Crippen LogP contribution < -0.4 is 4.74 Å². The molecule has 134 valence electrons. The Bertz CT molecular complexity index is 985. The summed E-state index contributed by atoms with van der Waals surface area (Å²) in [6.45, 7) is 0.160. The van der Waals surface area contributed by atoms with Crippen LogP contribution in [-0.4, -0.2) is 28.9 Å². The number of hydrogen-bond donors (Lipinski definition) is 1. The fourth-order valence-electron chi connectivity index (χ4n) is 2.75. The molecule has 0 unspecified atom stereocenters. The monoisotopic (exact) mass is 423 g/mol. The molecule has 6 nitrogen and oxygen atoms in total. The van der Waals surface area contributed by atoms with E-state index in [1.807, 2.05) is 36.4 Å². The van der Waals surface area contributed by atoms with Crippen LogP contribution in [0.4, 0.5) is 0 Å². The first-order chi connectivity index (χ1) is 13.0. The first-order valence-corrected chi connectivity index (χ1v) is 8.83. The van der Waals surface area contributed by atoms with E-state index in [0.717, 1.165) is 10.0 Å². The van der Waals surface area contributed by atoms with Crippen molar-refractivity contribution in [1.29, 1.82) is 10.5 Å². The quantitative estimate of drug-likeness (QED) is 0.582. The molecule has 1 aliphatic heterocycles. The lowest BCUT2D eigenvalue weighted by molar-refractivity contribution is 0.101. The molecule has 2 aromatic rings. The highest BCUT2D eigenvalue weighted by atomic mass is 79.9. The zero-order valence-electron chi connectivity index (χ0n) is 14.1. The van der Waals surface area contributed by atoms with Crippen LogP contribution in [0.3, 0.4) is 0 Å². The number of nitrogens with zero attached hydrogens (tertiary/aromatic N) is 3. The summed E-state index contributed by atoms with van der Waals surface area (Å²) in [5, 5.41) is 28.1. The number of nitriles is 2. The van der Waals surface area contributed by atoms with Gasteiger partial charge in [0.2, 0.25) is 5.78 Å². The van der Waals surface area contributed by atoms with E-state index in [-0.39, 0.29) is 42.7 Å². The number of carbonyl (C=O) groups excluding carboxylic acids is 1. The van der Waals surface area contributed by atoms with E-state index in [4.69, 9.17) is 15.3 Å². The maximum atomic E-state index is 12.7. The number of carbonyl (C=O) groups is 1. The molecule has 0 fully saturated rings. The second-order valence-electron chi connectivity index (χ2n) is 5.89. The molecular weight excluding hydrogens is 410 g/mol. The third-order valence-corrected chi connectivity index (χ3v) is 4.58. The van der Waals surface area contributed by atoms with Crippen LogP contribution in [0.1, 0.15) is 21.5 Å². The minimum absolute atomic E-state index is 0.0200. The Morgan fingerprint density at radius 2 is 1.78 bits per heavy atom. The van der Waals surface area contributed by atoms with Crippen molar-refractivity contribution in [1.82, 2.24) is 4.90 Å². The summed E-state index contributed by atoms with van der Waals surface area (Å²) in [6, 6.07) is 14.3. The van der Waals surface area contributed by atoms with Crippen LogP contribution in [0.2, 0.25) is 0 Å². The molecule has 0 amide bonds. The molecular formula is C20H14BrN3O3. The molecule has 0 atom stereocenters. The van der Waals surface area contributed by atoms with E-state index in [2.05, 4.69) is 15.9 Å². The number of phenols is 1. The van der Waals surface area contributed by atoms with Crippen molar-refractivity contribution in [3.05, 3.63) is 63.3 Å². The van der Waals surface area contributed by atoms with E-state index in [0.29, 0.717) is 11.1 Å². The molecule has 0 bridgehead atoms. The number of fused-ring (bicyclic) bond motifs is 1. The summed E-state index contributed by atoms with van der Waals surface area (Å²) in [7, 11) is 0. The minimum atomic E-state index is -0.277. The average Bonchev–Trinajstić information content (AvgIpc) is 2.96. The molecule has 0 saturated carbocycles. The molecule has 0 radical (unpaired) electrons. The number of ketones is 1. The molecule has 0 spiro atoms. The number of phenolic OH excluding ortho intramolecular Hbond substituents is 1. The number of ether oxygens (including phenoxy) is 1. The Labute approximate surface area is 164 Å². The largest absolute Gasteiger partial charge is 0.507 e. The van der Waals surface area contributed by atoms with Crippen molar-refractivity contribution in [2.45, 2.75) is 6.54 Å². The van der Waals surface area contributed by atoms with Crippen molar-refractivity contribution in [3.63, 3.8) is 0 Å². The van der Waals surface area contributed by atoms with Gasteiger partial charge in [0.05, 0.1) is 36.4 Å². The summed E-state index contributed by atoms with van der Waals surface area (Å²) < 4.78 is 6.69. The molecule has 1 N–H and O–H groups in total. The van der Waals surface area contributed by atoms with Gasteiger partial charge in [0, 0.05) is 11.0 Å². The van der Waals surface area contributed by atoms with Crippen LogP contribution in [-0.2, 0) is 6.54 Å². The van der Waals surface area contributed by atoms with E-state index in [1.54, 1.807) is 11.0 Å². The lowest BCUT2D eigenvalue weighted by atomic mass is 10.0. The fraction of sp³-hybridized carbons (Fsp3) is 0.150. The minimum Gasteiger partial charge on any atom is -0.507 e. The van der Waals surface area contributed by atoms with Crippen LogP contribution >= 0.6 is 15.9 Å². The van der Waals surface area contributed by atoms with Crippen molar-refractivity contribution in [3.8, 4) is 23.6 Å². The first kappa shape index (κ1) is 18.7. The van der Waals surface area contributed by atoms with E-state index in [1.165, 1.54) is 12.1 Å². The second kappa shape index (κ2) is 8.05. The summed E-state index contributed by atoms with van der Waals surface area (Å²) in [5.74, 6) is 0.101. The molecule has 27 heavy (non-hydrogen) atoms. The number of Topliss-reactive ketones (excluding diaryl/α,β-unsaturated/α-hetero) is 1. The zero-order chi connectivity index (χ0) is 19.4. The molecule has 0 aromatic heterocycles. The number of aromatic hydroxyl groups is 1. The molecule has 2 aromatic carbocycles. The number of hydrogen-bond acceptors (Lipinski definition) is 6. The van der Waals surface area contributed by atoms with Crippen LogP contribution in [0.25, 0.3) is 6.08 Å². The van der Waals surface area contributed by atoms with Gasteiger partial charge in [0.1, 0.15) is 11.5 Å². The molecule has 0 aliphatic carbocycles. The van der Waals surface area contributed by atoms with Gasteiger partial charge in [0.25, 0.3) is 0 Å². The second-order valence-corrected chi connectivity index (χ2v) is 6.81. The van der Waals surface area contributed by atoms with Gasteiger partial charge in [0.15, 0.2) is 5.76 Å². The Hall–Kier alpha value is -3.13. The molecule has 7 heteroatoms. The molecule has 1 heterocycles. The average molecular weight is 424 g/mol. The maximum absolute atomic E-state index is 12.7. The number of rotatable bonds is 5. The van der Waals surface area contributed by atoms with E-state index >= 15 is 0 Å². The highest BCUT2D eigenvalue weighted by Crippen LogP contribution is 2.40. The molecule has 3 rings (SSSR count). The molecule has 0 saturated heterocycles. The third-order valence-electron chi connectivity index (χ3n) is 4.05. The van der Waals surface area contributed by atoms with Gasteiger partial charge >= 0.3 is 0 Å². The Morgan fingerprint density at radius 3 is 2.41 bits per heavy atom. The standard InChI is InChI=1S/C20H14BrN3O3/c21-14-3-1-13(2-4-14)11-18-19(26)15-5-6-17(25)16(20(15)27-18)12-24(9-7-22)10-8-23/h1-6,11,25H,9-10,12H2. The highest BCUT2D eigenvalue weighted by molar-refractivity contribution is 9.10. The van der Waals surface area contributed by atoms with E-state index < -0.39 is 0 Å². The zero-order valence-corrected chi connectivity index (χ0v) is 15.7. The SMILES string of the molecule is N#CCN(CC#N)Cc1c(O)ccc2c1OC(=Cc1ccc(Br)cc1)C2=O. The Morgan fingerprint density at radius 1 is 1.11 bits per heavy atom. The van der Waals surface area contributed by atoms with Crippen molar-refractivity contribution >= 4 is 27.8 Å². The lowest BCUT2D eigenvalue weighted by Crippen LogP contribution is -2.24. The van der Waals surface area contributed by atoms with Gasteiger partial charge in [-0.25, -0.2) is 0 Å².